The summed E-state index contributed by atoms with van der Waals surface area (Å²) >= 11 is 0. The largest absolute Gasteiger partial charge is 0.472 e. The summed E-state index contributed by atoms with van der Waals surface area (Å²) in [5, 5.41) is -0.604. The van der Waals surface area contributed by atoms with Crippen LogP contribution in [0.15, 0.2) is 28.2 Å². The van der Waals surface area contributed by atoms with Gasteiger partial charge in [-0.05, 0) is 19.9 Å². The molecule has 2 aromatic rings. The maximum absolute atomic E-state index is 10.5. The van der Waals surface area contributed by atoms with E-state index in [4.69, 9.17) is 10.3 Å². The third kappa shape index (κ3) is 4.74. The molecule has 0 saturated heterocycles. The van der Waals surface area contributed by atoms with E-state index in [1.165, 1.54) is 32.4 Å². The highest BCUT2D eigenvalue weighted by molar-refractivity contribution is 7.85. The zero-order valence-corrected chi connectivity index (χ0v) is 11.5. The minimum absolute atomic E-state index is 0.259. The summed E-state index contributed by atoms with van der Waals surface area (Å²) in [6.07, 6.45) is 2.71. The molecule has 0 radical (unpaired) electrons. The lowest BCUT2D eigenvalue weighted by Gasteiger charge is -1.97. The second kappa shape index (κ2) is 6.21. The smallest absolute Gasteiger partial charge is 0.330 e. The Balaban J connectivity index is 0.000000217. The topological polar surface area (TPSA) is 149 Å². The van der Waals surface area contributed by atoms with Crippen LogP contribution in [0.2, 0.25) is 0 Å². The van der Waals surface area contributed by atoms with Gasteiger partial charge >= 0.3 is 10.1 Å². The first-order valence-corrected chi connectivity index (χ1v) is 6.63. The molecule has 0 aliphatic carbocycles. The third-order valence-corrected chi connectivity index (χ3v) is 2.52. The second-order valence-corrected chi connectivity index (χ2v) is 4.88. The molecule has 0 bridgehead atoms. The van der Waals surface area contributed by atoms with Crippen LogP contribution in [0.4, 0.5) is 0 Å². The van der Waals surface area contributed by atoms with Crippen LogP contribution in [-0.4, -0.2) is 33.8 Å². The number of amides is 1. The lowest BCUT2D eigenvalue weighted by atomic mass is 10.3. The Hall–Kier alpha value is -2.33. The molecule has 0 atom stereocenters. The first-order chi connectivity index (χ1) is 9.20. The highest BCUT2D eigenvalue weighted by Crippen LogP contribution is 2.00. The van der Waals surface area contributed by atoms with Crippen LogP contribution in [0, 0.1) is 13.8 Å². The number of rotatable bonds is 2. The second-order valence-electron chi connectivity index (χ2n) is 3.56. The molecule has 0 aliphatic heterocycles. The molecule has 20 heavy (non-hydrogen) atoms. The number of furan rings is 1. The van der Waals surface area contributed by atoms with Crippen molar-refractivity contribution >= 4 is 16.0 Å². The van der Waals surface area contributed by atoms with Crippen molar-refractivity contribution in [3.63, 3.8) is 0 Å². The summed E-state index contributed by atoms with van der Waals surface area (Å²) in [6, 6.07) is 1.52. The maximum Gasteiger partial charge on any atom is 0.330 e. The molecule has 0 spiro atoms. The van der Waals surface area contributed by atoms with E-state index in [-0.39, 0.29) is 11.6 Å². The highest BCUT2D eigenvalue weighted by atomic mass is 32.2. The molecule has 10 heteroatoms. The Morgan fingerprint density at radius 3 is 2.10 bits per heavy atom. The lowest BCUT2D eigenvalue weighted by Crippen LogP contribution is -2.08. The van der Waals surface area contributed by atoms with Crippen molar-refractivity contribution in [3.8, 4) is 0 Å². The molecule has 9 nitrogen and oxygen atoms in total. The lowest BCUT2D eigenvalue weighted by molar-refractivity contribution is 0.0999. The van der Waals surface area contributed by atoms with Crippen LogP contribution in [0.1, 0.15) is 22.0 Å². The first-order valence-electron chi connectivity index (χ1n) is 5.19. The van der Waals surface area contributed by atoms with Gasteiger partial charge in [0.05, 0.1) is 11.8 Å². The number of aryl methyl sites for hydroxylation is 2. The number of hydrogen-bond acceptors (Lipinski definition) is 7. The molecule has 1 amide bonds. The van der Waals surface area contributed by atoms with E-state index in [0.29, 0.717) is 5.56 Å². The van der Waals surface area contributed by atoms with Crippen molar-refractivity contribution in [2.45, 2.75) is 19.0 Å². The standard InChI is InChI=1S/C5H7N3O3S.C5H5NO2/c1-3-6-4(2)8-5(7-3)12(9,10)11;6-5(7)4-1-2-8-3-4/h1-2H3,(H,9,10,11);1-3H,(H2,6,7). The minimum Gasteiger partial charge on any atom is -0.472 e. The van der Waals surface area contributed by atoms with Gasteiger partial charge in [0, 0.05) is 0 Å². The van der Waals surface area contributed by atoms with Crippen LogP contribution in [0.5, 0.6) is 0 Å². The van der Waals surface area contributed by atoms with Gasteiger partial charge in [-0.3, -0.25) is 9.35 Å². The number of carbonyl (C=O) groups is 1. The number of nitrogens with two attached hydrogens (primary N) is 1. The Morgan fingerprint density at radius 2 is 1.80 bits per heavy atom. The summed E-state index contributed by atoms with van der Waals surface area (Å²) in [5.41, 5.74) is 5.27. The average molecular weight is 300 g/mol. The molecule has 2 heterocycles. The average Bonchev–Trinajstić information content (AvgIpc) is 2.80. The Morgan fingerprint density at radius 1 is 1.25 bits per heavy atom. The van der Waals surface area contributed by atoms with Crippen molar-refractivity contribution in [2.24, 2.45) is 5.73 Å². The fraction of sp³-hybridized carbons (Fsp3) is 0.200. The van der Waals surface area contributed by atoms with Crippen molar-refractivity contribution in [3.05, 3.63) is 35.8 Å². The highest BCUT2D eigenvalue weighted by Gasteiger charge is 2.14. The molecule has 2 rings (SSSR count). The molecule has 0 fully saturated rings. The Labute approximate surface area is 114 Å². The minimum atomic E-state index is -4.31. The van der Waals surface area contributed by atoms with Crippen molar-refractivity contribution in [1.82, 2.24) is 15.0 Å². The molecule has 0 saturated carbocycles. The van der Waals surface area contributed by atoms with E-state index < -0.39 is 21.2 Å². The van der Waals surface area contributed by atoms with E-state index in [9.17, 15) is 13.2 Å². The number of primary amides is 1. The van der Waals surface area contributed by atoms with E-state index >= 15 is 0 Å². The Kier molecular flexibility index (Phi) is 4.88. The van der Waals surface area contributed by atoms with Crippen molar-refractivity contribution in [1.29, 1.82) is 0 Å². The van der Waals surface area contributed by atoms with E-state index in [1.54, 1.807) is 0 Å². The fourth-order valence-corrected chi connectivity index (χ4v) is 1.60. The van der Waals surface area contributed by atoms with Gasteiger partial charge in [0.25, 0.3) is 11.1 Å². The number of nitrogens with zero attached hydrogens (tertiary/aromatic N) is 3. The number of hydrogen-bond donors (Lipinski definition) is 2. The number of carbonyl (C=O) groups excluding carboxylic acids is 1. The normalized spacial score (nSPS) is 10.6. The van der Waals surface area contributed by atoms with Gasteiger partial charge < -0.3 is 10.2 Å². The van der Waals surface area contributed by atoms with Crippen LogP contribution in [-0.2, 0) is 10.1 Å². The van der Waals surface area contributed by atoms with Gasteiger partial charge in [0.2, 0.25) is 0 Å². The van der Waals surface area contributed by atoms with E-state index in [2.05, 4.69) is 19.4 Å². The molecular weight excluding hydrogens is 288 g/mol. The summed E-state index contributed by atoms with van der Waals surface area (Å²) in [4.78, 5) is 20.9. The van der Waals surface area contributed by atoms with Gasteiger partial charge in [-0.25, -0.2) is 15.0 Å². The molecule has 2 aromatic heterocycles. The van der Waals surface area contributed by atoms with Gasteiger partial charge in [0.15, 0.2) is 0 Å². The van der Waals surface area contributed by atoms with Gasteiger partial charge in [-0.15, -0.1) is 0 Å². The van der Waals surface area contributed by atoms with Crippen molar-refractivity contribution < 1.29 is 22.2 Å². The van der Waals surface area contributed by atoms with E-state index in [1.807, 2.05) is 0 Å². The molecule has 0 unspecified atom stereocenters. The maximum atomic E-state index is 10.5. The zero-order valence-electron chi connectivity index (χ0n) is 10.6. The van der Waals surface area contributed by atoms with Crippen LogP contribution < -0.4 is 5.73 Å². The molecule has 0 aliphatic rings. The molecule has 108 valence electrons. The summed E-state index contributed by atoms with van der Waals surface area (Å²) in [7, 11) is -4.31. The monoisotopic (exact) mass is 300 g/mol. The summed E-state index contributed by atoms with van der Waals surface area (Å²) < 4.78 is 34.2. The van der Waals surface area contributed by atoms with Crippen LogP contribution >= 0.6 is 0 Å². The molecule has 0 aromatic carbocycles. The molecule has 3 N–H and O–H groups in total. The van der Waals surface area contributed by atoms with Crippen LogP contribution in [0.3, 0.4) is 0 Å². The first kappa shape index (κ1) is 15.7. The van der Waals surface area contributed by atoms with Gasteiger partial charge in [0.1, 0.15) is 17.9 Å². The van der Waals surface area contributed by atoms with E-state index in [0.717, 1.165) is 0 Å². The SMILES string of the molecule is Cc1nc(C)nc(S(=O)(=O)O)n1.NC(=O)c1ccoc1. The Bertz CT molecular complexity index is 676. The summed E-state index contributed by atoms with van der Waals surface area (Å²) in [5.74, 6) is 0.0593. The fourth-order valence-electron chi connectivity index (χ4n) is 1.11. The van der Waals surface area contributed by atoms with Gasteiger partial charge in [-0.1, -0.05) is 0 Å². The zero-order chi connectivity index (χ0) is 15.3. The van der Waals surface area contributed by atoms with Crippen LogP contribution in [0.25, 0.3) is 0 Å². The quantitative estimate of drug-likeness (QED) is 0.742. The summed E-state index contributed by atoms with van der Waals surface area (Å²) in [6.45, 7) is 3.03. The number of aromatic nitrogens is 3. The van der Waals surface area contributed by atoms with Crippen molar-refractivity contribution in [2.75, 3.05) is 0 Å². The predicted octanol–water partition coefficient (Wildman–Crippen LogP) is 0.114. The van der Waals surface area contributed by atoms with Gasteiger partial charge in [-0.2, -0.15) is 8.42 Å². The third-order valence-electron chi connectivity index (χ3n) is 1.87. The predicted molar refractivity (Wildman–Crippen MR) is 66.3 cm³/mol. The molecular formula is C10H12N4O5S.